The molecule has 0 aliphatic carbocycles. The smallest absolute Gasteiger partial charge is 0.331 e. The van der Waals surface area contributed by atoms with E-state index in [0.717, 1.165) is 30.6 Å². The zero-order valence-electron chi connectivity index (χ0n) is 16.0. The number of amides is 1. The molecule has 5 nitrogen and oxygen atoms in total. The van der Waals surface area contributed by atoms with Crippen LogP contribution in [-0.4, -0.2) is 37.0 Å². The van der Waals surface area contributed by atoms with Crippen molar-refractivity contribution in [3.8, 4) is 5.75 Å². The molecule has 0 radical (unpaired) electrons. The minimum absolute atomic E-state index is 0.155. The summed E-state index contributed by atoms with van der Waals surface area (Å²) in [7, 11) is 1.60. The molecule has 1 amide bonds. The maximum Gasteiger partial charge on any atom is 0.331 e. The lowest BCUT2D eigenvalue weighted by molar-refractivity contribution is -0.157. The van der Waals surface area contributed by atoms with Crippen LogP contribution in [0, 0.1) is 0 Å². The van der Waals surface area contributed by atoms with Crippen LogP contribution >= 0.6 is 0 Å². The lowest BCUT2D eigenvalue weighted by Crippen LogP contribution is -2.40. The monoisotopic (exact) mass is 379 g/mol. The minimum Gasteiger partial charge on any atom is -0.497 e. The number of carbonyl (C=O) groups is 2. The Hall–Kier alpha value is -3.08. The molecular formula is C23H25NO4. The lowest BCUT2D eigenvalue weighted by Gasteiger charge is -2.30. The molecule has 5 heteroatoms. The summed E-state index contributed by atoms with van der Waals surface area (Å²) >= 11 is 0. The summed E-state index contributed by atoms with van der Waals surface area (Å²) in [6.45, 7) is 1.42. The Balaban J connectivity index is 1.71. The first kappa shape index (κ1) is 19.7. The molecule has 0 bridgehead atoms. The highest BCUT2D eigenvalue weighted by atomic mass is 16.5. The highest BCUT2D eigenvalue weighted by molar-refractivity contribution is 5.91. The van der Waals surface area contributed by atoms with E-state index >= 15 is 0 Å². The van der Waals surface area contributed by atoms with Crippen LogP contribution in [0.5, 0.6) is 5.75 Å². The van der Waals surface area contributed by atoms with Gasteiger partial charge in [-0.15, -0.1) is 0 Å². The predicted molar refractivity (Wildman–Crippen MR) is 108 cm³/mol. The summed E-state index contributed by atoms with van der Waals surface area (Å²) in [4.78, 5) is 27.2. The van der Waals surface area contributed by atoms with Crippen LogP contribution in [0.3, 0.4) is 0 Å². The van der Waals surface area contributed by atoms with Crippen molar-refractivity contribution in [3.63, 3.8) is 0 Å². The Morgan fingerprint density at radius 1 is 0.964 bits per heavy atom. The molecule has 0 aromatic heterocycles. The molecule has 1 saturated heterocycles. The van der Waals surface area contributed by atoms with Crippen molar-refractivity contribution in [1.82, 2.24) is 4.90 Å². The van der Waals surface area contributed by atoms with Crippen LogP contribution in [0.4, 0.5) is 0 Å². The highest BCUT2D eigenvalue weighted by Crippen LogP contribution is 2.23. The Morgan fingerprint density at radius 3 is 2.29 bits per heavy atom. The van der Waals surface area contributed by atoms with Crippen LogP contribution in [0.2, 0.25) is 0 Å². The maximum absolute atomic E-state index is 13.0. The van der Waals surface area contributed by atoms with Gasteiger partial charge in [0.25, 0.3) is 5.91 Å². The number of ether oxygens (including phenoxy) is 2. The third-order valence-electron chi connectivity index (χ3n) is 4.76. The van der Waals surface area contributed by atoms with Gasteiger partial charge in [0.05, 0.1) is 7.11 Å². The number of likely N-dealkylation sites (tertiary alicyclic amines) is 1. The Labute approximate surface area is 165 Å². The van der Waals surface area contributed by atoms with E-state index in [9.17, 15) is 9.59 Å². The van der Waals surface area contributed by atoms with Crippen molar-refractivity contribution >= 4 is 18.0 Å². The zero-order chi connectivity index (χ0) is 19.8. The molecule has 1 heterocycles. The van der Waals surface area contributed by atoms with Gasteiger partial charge in [0.2, 0.25) is 6.10 Å². The Bertz CT molecular complexity index is 808. The summed E-state index contributed by atoms with van der Waals surface area (Å²) in [5.41, 5.74) is 1.53. The van der Waals surface area contributed by atoms with Gasteiger partial charge in [-0.05, 0) is 43.0 Å². The molecule has 1 fully saturated rings. The van der Waals surface area contributed by atoms with Gasteiger partial charge in [-0.25, -0.2) is 4.79 Å². The standard InChI is InChI=1S/C23H25NO4/c1-27-20-13-10-18(11-14-20)12-15-21(25)28-22(19-8-4-2-5-9-19)23(26)24-16-6-3-7-17-24/h2,4-5,8-15,22H,3,6-7,16-17H2,1H3/b15-12+/t22-/m0/s1. The van der Waals surface area contributed by atoms with Crippen LogP contribution in [0.25, 0.3) is 6.08 Å². The van der Waals surface area contributed by atoms with E-state index in [0.29, 0.717) is 18.7 Å². The normalized spacial score (nSPS) is 15.2. The first-order valence-electron chi connectivity index (χ1n) is 9.54. The van der Waals surface area contributed by atoms with Crippen molar-refractivity contribution in [1.29, 1.82) is 0 Å². The number of esters is 1. The molecule has 1 atom stereocenters. The fraction of sp³-hybridized carbons (Fsp3) is 0.304. The molecule has 0 N–H and O–H groups in total. The number of rotatable bonds is 6. The topological polar surface area (TPSA) is 55.8 Å². The van der Waals surface area contributed by atoms with Crippen molar-refractivity contribution in [2.45, 2.75) is 25.4 Å². The molecule has 146 valence electrons. The number of hydrogen-bond donors (Lipinski definition) is 0. The molecule has 1 aliphatic rings. The van der Waals surface area contributed by atoms with Crippen LogP contribution in [0.1, 0.15) is 36.5 Å². The first-order valence-corrected chi connectivity index (χ1v) is 9.54. The van der Waals surface area contributed by atoms with Gasteiger partial charge in [-0.3, -0.25) is 4.79 Å². The Kier molecular flexibility index (Phi) is 6.84. The van der Waals surface area contributed by atoms with Crippen LogP contribution < -0.4 is 4.74 Å². The largest absolute Gasteiger partial charge is 0.497 e. The predicted octanol–water partition coefficient (Wildman–Crippen LogP) is 4.01. The summed E-state index contributed by atoms with van der Waals surface area (Å²) < 4.78 is 10.7. The van der Waals surface area contributed by atoms with E-state index in [1.165, 1.54) is 6.08 Å². The number of methoxy groups -OCH3 is 1. The fourth-order valence-corrected chi connectivity index (χ4v) is 3.20. The molecule has 1 aliphatic heterocycles. The fourth-order valence-electron chi connectivity index (χ4n) is 3.20. The maximum atomic E-state index is 13.0. The second-order valence-corrected chi connectivity index (χ2v) is 6.72. The number of piperidine rings is 1. The van der Waals surface area contributed by atoms with Gasteiger partial charge in [0, 0.05) is 24.7 Å². The summed E-state index contributed by atoms with van der Waals surface area (Å²) in [5, 5.41) is 0. The molecule has 3 rings (SSSR count). The van der Waals surface area contributed by atoms with E-state index in [4.69, 9.17) is 9.47 Å². The molecule has 2 aromatic rings. The van der Waals surface area contributed by atoms with Crippen molar-refractivity contribution in [2.75, 3.05) is 20.2 Å². The number of hydrogen-bond acceptors (Lipinski definition) is 4. The molecule has 0 spiro atoms. The third kappa shape index (κ3) is 5.22. The van der Waals surface area contributed by atoms with E-state index in [-0.39, 0.29) is 5.91 Å². The Morgan fingerprint density at radius 2 is 1.64 bits per heavy atom. The lowest BCUT2D eigenvalue weighted by atomic mass is 10.1. The molecule has 0 saturated carbocycles. The van der Waals surface area contributed by atoms with E-state index < -0.39 is 12.1 Å². The van der Waals surface area contributed by atoms with Crippen LogP contribution in [0.15, 0.2) is 60.7 Å². The van der Waals surface area contributed by atoms with Gasteiger partial charge in [0.15, 0.2) is 0 Å². The SMILES string of the molecule is COc1ccc(/C=C/C(=O)O[C@H](C(=O)N2CCCCC2)c2ccccc2)cc1. The average Bonchev–Trinajstić information content (AvgIpc) is 2.77. The summed E-state index contributed by atoms with van der Waals surface area (Å²) in [6, 6.07) is 16.5. The quantitative estimate of drug-likeness (QED) is 0.562. The van der Waals surface area contributed by atoms with E-state index in [1.807, 2.05) is 54.6 Å². The second-order valence-electron chi connectivity index (χ2n) is 6.72. The number of benzene rings is 2. The second kappa shape index (κ2) is 9.74. The van der Waals surface area contributed by atoms with Crippen LogP contribution in [-0.2, 0) is 14.3 Å². The van der Waals surface area contributed by atoms with Crippen molar-refractivity contribution < 1.29 is 19.1 Å². The van der Waals surface area contributed by atoms with E-state index in [1.54, 1.807) is 18.1 Å². The van der Waals surface area contributed by atoms with Crippen molar-refractivity contribution in [2.24, 2.45) is 0 Å². The highest BCUT2D eigenvalue weighted by Gasteiger charge is 2.29. The first-order chi connectivity index (χ1) is 13.7. The van der Waals surface area contributed by atoms with Crippen molar-refractivity contribution in [3.05, 3.63) is 71.8 Å². The summed E-state index contributed by atoms with van der Waals surface area (Å²) in [5.74, 6) is 0.0446. The molecule has 0 unspecified atom stereocenters. The molecule has 2 aromatic carbocycles. The van der Waals surface area contributed by atoms with Gasteiger partial charge < -0.3 is 14.4 Å². The van der Waals surface area contributed by atoms with Gasteiger partial charge >= 0.3 is 5.97 Å². The third-order valence-corrected chi connectivity index (χ3v) is 4.76. The van der Waals surface area contributed by atoms with Gasteiger partial charge in [-0.1, -0.05) is 42.5 Å². The number of nitrogens with zero attached hydrogens (tertiary/aromatic N) is 1. The van der Waals surface area contributed by atoms with E-state index in [2.05, 4.69) is 0 Å². The minimum atomic E-state index is -0.924. The van der Waals surface area contributed by atoms with Gasteiger partial charge in [0.1, 0.15) is 5.75 Å². The molecule has 28 heavy (non-hydrogen) atoms. The van der Waals surface area contributed by atoms with Gasteiger partial charge in [-0.2, -0.15) is 0 Å². The summed E-state index contributed by atoms with van der Waals surface area (Å²) in [6.07, 6.45) is 5.19. The number of carbonyl (C=O) groups excluding carboxylic acids is 2. The average molecular weight is 379 g/mol. The molecular weight excluding hydrogens is 354 g/mol. The zero-order valence-corrected chi connectivity index (χ0v) is 16.0.